The molecule has 1 fully saturated rings. The minimum Gasteiger partial charge on any atom is -0.478 e. The second-order valence-electron chi connectivity index (χ2n) is 6.57. The van der Waals surface area contributed by atoms with Crippen LogP contribution in [0.3, 0.4) is 0 Å². The molecule has 0 radical (unpaired) electrons. The van der Waals surface area contributed by atoms with Crippen LogP contribution in [0.15, 0.2) is 29.0 Å². The van der Waals surface area contributed by atoms with Crippen molar-refractivity contribution in [3.05, 3.63) is 29.6 Å². The molecule has 0 aliphatic carbocycles. The van der Waals surface area contributed by atoms with Gasteiger partial charge in [-0.25, -0.2) is 4.98 Å². The minimum atomic E-state index is -0.855. The van der Waals surface area contributed by atoms with Crippen molar-refractivity contribution in [2.45, 2.75) is 32.2 Å². The number of allylic oxidation sites excluding steroid dienone is 1. The van der Waals surface area contributed by atoms with Crippen molar-refractivity contribution in [2.24, 2.45) is 16.1 Å². The van der Waals surface area contributed by atoms with E-state index in [4.69, 9.17) is 15.2 Å². The Labute approximate surface area is 141 Å². The molecule has 2 N–H and O–H groups in total. The summed E-state index contributed by atoms with van der Waals surface area (Å²) >= 11 is 0. The van der Waals surface area contributed by atoms with Crippen molar-refractivity contribution >= 4 is 11.8 Å². The summed E-state index contributed by atoms with van der Waals surface area (Å²) < 4.78 is 24.7. The minimum absolute atomic E-state index is 0.333. The Morgan fingerprint density at radius 2 is 2.25 bits per heavy atom. The first kappa shape index (κ1) is 17.0. The van der Waals surface area contributed by atoms with Crippen LogP contribution in [0.2, 0.25) is 0 Å². The lowest BCUT2D eigenvalue weighted by Crippen LogP contribution is -2.59. The molecule has 1 aromatic rings. The van der Waals surface area contributed by atoms with Gasteiger partial charge in [-0.05, 0) is 43.9 Å². The Morgan fingerprint density at radius 1 is 1.42 bits per heavy atom. The molecule has 5 nitrogen and oxygen atoms in total. The van der Waals surface area contributed by atoms with Crippen LogP contribution < -0.4 is 10.5 Å². The summed E-state index contributed by atoms with van der Waals surface area (Å²) in [5, 5.41) is 0. The quantitative estimate of drug-likeness (QED) is 0.899. The molecule has 0 spiro atoms. The summed E-state index contributed by atoms with van der Waals surface area (Å²) in [5.74, 6) is 0.585. The Bertz CT molecular complexity index is 651. The monoisotopic (exact) mass is 333 g/mol. The summed E-state index contributed by atoms with van der Waals surface area (Å²) in [6, 6.07) is 3.78. The molecule has 0 aromatic carbocycles. The molecule has 2 unspecified atom stereocenters. The number of rotatable bonds is 5. The molecule has 1 saturated heterocycles. The SMILES string of the molecule is CCOc1ccc(C2=C(C)N=CC(N)(C3(CF)CCOC3)C2)cn1. The molecule has 0 saturated carbocycles. The van der Waals surface area contributed by atoms with E-state index >= 15 is 0 Å². The largest absolute Gasteiger partial charge is 0.478 e. The fourth-order valence-electron chi connectivity index (χ4n) is 3.39. The van der Waals surface area contributed by atoms with Crippen molar-refractivity contribution in [3.8, 4) is 5.88 Å². The predicted octanol–water partition coefficient (Wildman–Crippen LogP) is 2.76. The number of ether oxygens (including phenoxy) is 2. The highest BCUT2D eigenvalue weighted by Crippen LogP contribution is 2.45. The van der Waals surface area contributed by atoms with E-state index in [-0.39, 0.29) is 0 Å². The van der Waals surface area contributed by atoms with E-state index < -0.39 is 17.6 Å². The lowest BCUT2D eigenvalue weighted by molar-refractivity contribution is 0.0919. The molecule has 3 heterocycles. The van der Waals surface area contributed by atoms with Crippen molar-refractivity contribution < 1.29 is 13.9 Å². The number of pyridine rings is 1. The van der Waals surface area contributed by atoms with E-state index in [1.807, 2.05) is 26.0 Å². The van der Waals surface area contributed by atoms with Gasteiger partial charge in [0.2, 0.25) is 5.88 Å². The number of aliphatic imine (C=N–C) groups is 1. The summed E-state index contributed by atoms with van der Waals surface area (Å²) in [5.41, 5.74) is 7.89. The number of nitrogens with two attached hydrogens (primary N) is 1. The molecule has 130 valence electrons. The average molecular weight is 333 g/mol. The van der Waals surface area contributed by atoms with E-state index in [1.54, 1.807) is 12.4 Å². The Kier molecular flexibility index (Phi) is 4.69. The van der Waals surface area contributed by atoms with Crippen molar-refractivity contribution in [3.63, 3.8) is 0 Å². The number of hydrogen-bond acceptors (Lipinski definition) is 5. The van der Waals surface area contributed by atoms with Gasteiger partial charge in [0.1, 0.15) is 0 Å². The molecule has 2 atom stereocenters. The van der Waals surface area contributed by atoms with Crippen LogP contribution in [0.25, 0.3) is 5.57 Å². The first-order valence-corrected chi connectivity index (χ1v) is 8.30. The van der Waals surface area contributed by atoms with Gasteiger partial charge in [0, 0.05) is 36.2 Å². The molecule has 6 heteroatoms. The predicted molar refractivity (Wildman–Crippen MR) is 91.9 cm³/mol. The van der Waals surface area contributed by atoms with Crippen LogP contribution in [0.5, 0.6) is 5.88 Å². The molecule has 1 aromatic heterocycles. The van der Waals surface area contributed by atoms with Gasteiger partial charge in [0.15, 0.2) is 0 Å². The number of aromatic nitrogens is 1. The Morgan fingerprint density at radius 3 is 2.83 bits per heavy atom. The zero-order chi connectivity index (χ0) is 17.2. The second kappa shape index (κ2) is 6.61. The van der Waals surface area contributed by atoms with Crippen LogP contribution >= 0.6 is 0 Å². The summed E-state index contributed by atoms with van der Waals surface area (Å²) in [6.45, 7) is 4.79. The third kappa shape index (κ3) is 2.84. The molecular formula is C18H24FN3O2. The van der Waals surface area contributed by atoms with Crippen LogP contribution in [0.1, 0.15) is 32.3 Å². The molecule has 0 bridgehead atoms. The van der Waals surface area contributed by atoms with Gasteiger partial charge in [-0.3, -0.25) is 9.38 Å². The van der Waals surface area contributed by atoms with Crippen molar-refractivity contribution in [2.75, 3.05) is 26.5 Å². The third-order valence-electron chi connectivity index (χ3n) is 5.12. The molecule has 2 aliphatic rings. The Balaban J connectivity index is 1.90. The van der Waals surface area contributed by atoms with Crippen molar-refractivity contribution in [1.82, 2.24) is 4.98 Å². The number of alkyl halides is 1. The van der Waals surface area contributed by atoms with E-state index in [2.05, 4.69) is 9.98 Å². The lowest BCUT2D eigenvalue weighted by atomic mass is 9.66. The fraction of sp³-hybridized carbons (Fsp3) is 0.556. The summed E-state index contributed by atoms with van der Waals surface area (Å²) in [6.07, 6.45) is 4.60. The van der Waals surface area contributed by atoms with E-state index in [0.29, 0.717) is 38.5 Å². The molecule has 2 aliphatic heterocycles. The standard InChI is InChI=1S/C18H24FN3O2/c1-3-24-16-5-4-14(9-21-16)15-8-18(20,11-22-13(15)2)17(10-19)6-7-23-12-17/h4-5,9,11H,3,6-8,10,12,20H2,1-2H3. The van der Waals surface area contributed by atoms with Gasteiger partial charge < -0.3 is 15.2 Å². The lowest BCUT2D eigenvalue weighted by Gasteiger charge is -2.43. The van der Waals surface area contributed by atoms with Crippen LogP contribution in [0, 0.1) is 5.41 Å². The maximum atomic E-state index is 13.9. The van der Waals surface area contributed by atoms with Gasteiger partial charge >= 0.3 is 0 Å². The van der Waals surface area contributed by atoms with Gasteiger partial charge in [-0.15, -0.1) is 0 Å². The first-order chi connectivity index (χ1) is 11.5. The van der Waals surface area contributed by atoms with Crippen LogP contribution in [0.4, 0.5) is 4.39 Å². The smallest absolute Gasteiger partial charge is 0.213 e. The normalized spacial score (nSPS) is 30.0. The van der Waals surface area contributed by atoms with E-state index in [9.17, 15) is 4.39 Å². The number of hydrogen-bond donors (Lipinski definition) is 1. The number of nitrogens with zero attached hydrogens (tertiary/aromatic N) is 2. The number of halogens is 1. The summed E-state index contributed by atoms with van der Waals surface area (Å²) in [4.78, 5) is 8.80. The summed E-state index contributed by atoms with van der Waals surface area (Å²) in [7, 11) is 0. The van der Waals surface area contributed by atoms with Gasteiger partial charge in [-0.1, -0.05) is 0 Å². The van der Waals surface area contributed by atoms with Crippen molar-refractivity contribution in [1.29, 1.82) is 0 Å². The van der Waals surface area contributed by atoms with E-state index in [1.165, 1.54) is 0 Å². The molecule has 24 heavy (non-hydrogen) atoms. The van der Waals surface area contributed by atoms with Crippen LogP contribution in [-0.4, -0.2) is 43.2 Å². The fourth-order valence-corrected chi connectivity index (χ4v) is 3.39. The molecule has 3 rings (SSSR count). The maximum absolute atomic E-state index is 13.9. The zero-order valence-corrected chi connectivity index (χ0v) is 14.2. The second-order valence-corrected chi connectivity index (χ2v) is 6.57. The van der Waals surface area contributed by atoms with Gasteiger partial charge in [-0.2, -0.15) is 0 Å². The Hall–Kier alpha value is -1.79. The van der Waals surface area contributed by atoms with Gasteiger partial charge in [0.25, 0.3) is 0 Å². The maximum Gasteiger partial charge on any atom is 0.213 e. The highest BCUT2D eigenvalue weighted by Gasteiger charge is 2.52. The molecule has 0 amide bonds. The topological polar surface area (TPSA) is 69.7 Å². The highest BCUT2D eigenvalue weighted by molar-refractivity contribution is 5.84. The van der Waals surface area contributed by atoms with E-state index in [0.717, 1.165) is 16.8 Å². The zero-order valence-electron chi connectivity index (χ0n) is 14.2. The van der Waals surface area contributed by atoms with Gasteiger partial charge in [0.05, 0.1) is 25.4 Å². The first-order valence-electron chi connectivity index (χ1n) is 8.30. The molecular weight excluding hydrogens is 309 g/mol. The third-order valence-corrected chi connectivity index (χ3v) is 5.12. The van der Waals surface area contributed by atoms with Crippen LogP contribution in [-0.2, 0) is 4.74 Å². The average Bonchev–Trinajstić information content (AvgIpc) is 3.09. The highest BCUT2D eigenvalue weighted by atomic mass is 19.1.